The summed E-state index contributed by atoms with van der Waals surface area (Å²) >= 11 is 6.29. The van der Waals surface area contributed by atoms with Crippen molar-refractivity contribution in [1.29, 1.82) is 0 Å². The molecule has 1 atom stereocenters. The first kappa shape index (κ1) is 13.5. The number of benzene rings is 2. The average molecular weight is 288 g/mol. The molecule has 0 radical (unpaired) electrons. The molecule has 0 bridgehead atoms. The SMILES string of the molecule is Cc1cccc(C)c1-c1cc(Cl)cc2c1OC(CN)C2. The van der Waals surface area contributed by atoms with Gasteiger partial charge in [-0.3, -0.25) is 0 Å². The Morgan fingerprint density at radius 1 is 1.25 bits per heavy atom. The van der Waals surface area contributed by atoms with Crippen LogP contribution < -0.4 is 10.5 Å². The molecule has 2 aromatic rings. The Bertz CT molecular complexity index is 646. The summed E-state index contributed by atoms with van der Waals surface area (Å²) in [5.74, 6) is 0.947. The molecule has 104 valence electrons. The van der Waals surface area contributed by atoms with Gasteiger partial charge in [0.15, 0.2) is 0 Å². The molecule has 0 aromatic heterocycles. The Morgan fingerprint density at radius 2 is 1.95 bits per heavy atom. The van der Waals surface area contributed by atoms with Gasteiger partial charge < -0.3 is 10.5 Å². The molecule has 1 aliphatic heterocycles. The summed E-state index contributed by atoms with van der Waals surface area (Å²) in [6, 6.07) is 10.3. The molecule has 1 unspecified atom stereocenters. The largest absolute Gasteiger partial charge is 0.488 e. The number of rotatable bonds is 2. The Labute approximate surface area is 124 Å². The minimum absolute atomic E-state index is 0.0616. The predicted molar refractivity (Wildman–Crippen MR) is 83.5 cm³/mol. The number of hydrogen-bond donors (Lipinski definition) is 1. The summed E-state index contributed by atoms with van der Waals surface area (Å²) in [5, 5.41) is 0.752. The predicted octanol–water partition coefficient (Wildman–Crippen LogP) is 3.89. The number of fused-ring (bicyclic) bond motifs is 1. The van der Waals surface area contributed by atoms with E-state index in [4.69, 9.17) is 22.1 Å². The van der Waals surface area contributed by atoms with Crippen LogP contribution in [0.1, 0.15) is 16.7 Å². The second kappa shape index (κ2) is 5.12. The van der Waals surface area contributed by atoms with Crippen LogP contribution in [-0.2, 0) is 6.42 Å². The molecule has 0 saturated heterocycles. The number of aryl methyl sites for hydroxylation is 2. The number of halogens is 1. The van der Waals surface area contributed by atoms with E-state index in [1.165, 1.54) is 16.7 Å². The molecule has 0 spiro atoms. The van der Waals surface area contributed by atoms with E-state index in [9.17, 15) is 0 Å². The first-order valence-electron chi connectivity index (χ1n) is 6.86. The van der Waals surface area contributed by atoms with Crippen LogP contribution in [0.2, 0.25) is 5.02 Å². The van der Waals surface area contributed by atoms with E-state index in [-0.39, 0.29) is 6.10 Å². The molecule has 1 heterocycles. The third kappa shape index (κ3) is 2.19. The standard InChI is InChI=1S/C17H18ClNO/c1-10-4-3-5-11(2)16(10)15-8-13(18)6-12-7-14(9-19)20-17(12)15/h3-6,8,14H,7,9,19H2,1-2H3. The maximum absolute atomic E-state index is 6.29. The zero-order valence-corrected chi connectivity index (χ0v) is 12.5. The van der Waals surface area contributed by atoms with E-state index >= 15 is 0 Å². The van der Waals surface area contributed by atoms with Gasteiger partial charge in [-0.25, -0.2) is 0 Å². The fraction of sp³-hybridized carbons (Fsp3) is 0.294. The zero-order valence-electron chi connectivity index (χ0n) is 11.7. The average Bonchev–Trinajstić information content (AvgIpc) is 2.81. The van der Waals surface area contributed by atoms with Crippen LogP contribution in [0.25, 0.3) is 11.1 Å². The van der Waals surface area contributed by atoms with Crippen molar-refractivity contribution in [2.24, 2.45) is 5.73 Å². The van der Waals surface area contributed by atoms with E-state index < -0.39 is 0 Å². The Hall–Kier alpha value is -1.51. The molecule has 0 aliphatic carbocycles. The molecule has 3 heteroatoms. The Balaban J connectivity index is 2.21. The van der Waals surface area contributed by atoms with Crippen molar-refractivity contribution in [2.45, 2.75) is 26.4 Å². The second-order valence-corrected chi connectivity index (χ2v) is 5.82. The van der Waals surface area contributed by atoms with Gasteiger partial charge in [0.1, 0.15) is 11.9 Å². The highest BCUT2D eigenvalue weighted by molar-refractivity contribution is 6.31. The van der Waals surface area contributed by atoms with Crippen LogP contribution in [0, 0.1) is 13.8 Å². The maximum Gasteiger partial charge on any atom is 0.131 e. The normalized spacial score (nSPS) is 16.9. The van der Waals surface area contributed by atoms with Crippen LogP contribution >= 0.6 is 11.6 Å². The third-order valence-corrected chi connectivity index (χ3v) is 4.09. The van der Waals surface area contributed by atoms with Crippen molar-refractivity contribution >= 4 is 11.6 Å². The topological polar surface area (TPSA) is 35.2 Å². The van der Waals surface area contributed by atoms with Crippen molar-refractivity contribution in [2.75, 3.05) is 6.54 Å². The van der Waals surface area contributed by atoms with Crippen LogP contribution in [-0.4, -0.2) is 12.6 Å². The minimum atomic E-state index is 0.0616. The van der Waals surface area contributed by atoms with Gasteiger partial charge in [-0.05, 0) is 48.2 Å². The lowest BCUT2D eigenvalue weighted by molar-refractivity contribution is 0.242. The van der Waals surface area contributed by atoms with Crippen molar-refractivity contribution in [3.8, 4) is 16.9 Å². The molecule has 0 amide bonds. The van der Waals surface area contributed by atoms with Crippen LogP contribution in [0.3, 0.4) is 0 Å². The van der Waals surface area contributed by atoms with Crippen molar-refractivity contribution in [1.82, 2.24) is 0 Å². The third-order valence-electron chi connectivity index (χ3n) is 3.88. The number of hydrogen-bond acceptors (Lipinski definition) is 2. The molecule has 2 aromatic carbocycles. The van der Waals surface area contributed by atoms with Gasteiger partial charge in [0, 0.05) is 23.6 Å². The zero-order chi connectivity index (χ0) is 14.3. The van der Waals surface area contributed by atoms with Gasteiger partial charge in [0.05, 0.1) is 0 Å². The van der Waals surface area contributed by atoms with Crippen LogP contribution in [0.4, 0.5) is 0 Å². The summed E-state index contributed by atoms with van der Waals surface area (Å²) in [6.45, 7) is 4.76. The van der Waals surface area contributed by atoms with Crippen molar-refractivity contribution in [3.63, 3.8) is 0 Å². The maximum atomic E-state index is 6.29. The van der Waals surface area contributed by atoms with Gasteiger partial charge >= 0.3 is 0 Å². The first-order valence-corrected chi connectivity index (χ1v) is 7.23. The molecular formula is C17H18ClNO. The quantitative estimate of drug-likeness (QED) is 0.909. The summed E-state index contributed by atoms with van der Waals surface area (Å²) in [4.78, 5) is 0. The van der Waals surface area contributed by atoms with E-state index in [0.717, 1.165) is 28.3 Å². The van der Waals surface area contributed by atoms with Gasteiger partial charge in [0.2, 0.25) is 0 Å². The van der Waals surface area contributed by atoms with E-state index in [1.54, 1.807) is 0 Å². The molecule has 2 N–H and O–H groups in total. The highest BCUT2D eigenvalue weighted by atomic mass is 35.5. The number of ether oxygens (including phenoxy) is 1. The minimum Gasteiger partial charge on any atom is -0.488 e. The molecule has 20 heavy (non-hydrogen) atoms. The Kier molecular flexibility index (Phi) is 3.45. The Morgan fingerprint density at radius 3 is 2.60 bits per heavy atom. The van der Waals surface area contributed by atoms with E-state index in [2.05, 4.69) is 32.0 Å². The monoisotopic (exact) mass is 287 g/mol. The van der Waals surface area contributed by atoms with Crippen LogP contribution in [0.15, 0.2) is 30.3 Å². The van der Waals surface area contributed by atoms with Crippen molar-refractivity contribution < 1.29 is 4.74 Å². The molecule has 2 nitrogen and oxygen atoms in total. The first-order chi connectivity index (χ1) is 9.60. The fourth-order valence-electron chi connectivity index (χ4n) is 2.95. The highest BCUT2D eigenvalue weighted by Gasteiger charge is 2.26. The smallest absolute Gasteiger partial charge is 0.131 e. The lowest BCUT2D eigenvalue weighted by Crippen LogP contribution is -2.24. The summed E-state index contributed by atoms with van der Waals surface area (Å²) in [7, 11) is 0. The van der Waals surface area contributed by atoms with Gasteiger partial charge in [-0.2, -0.15) is 0 Å². The summed E-state index contributed by atoms with van der Waals surface area (Å²) in [6.07, 6.45) is 0.899. The van der Waals surface area contributed by atoms with Crippen molar-refractivity contribution in [3.05, 3.63) is 52.0 Å². The number of nitrogens with two attached hydrogens (primary N) is 1. The lowest BCUT2D eigenvalue weighted by Gasteiger charge is -2.15. The molecule has 3 rings (SSSR count). The van der Waals surface area contributed by atoms with E-state index in [1.807, 2.05) is 12.1 Å². The highest BCUT2D eigenvalue weighted by Crippen LogP contribution is 2.43. The van der Waals surface area contributed by atoms with Gasteiger partial charge in [-0.1, -0.05) is 29.8 Å². The molecule has 1 aliphatic rings. The molecular weight excluding hydrogens is 270 g/mol. The van der Waals surface area contributed by atoms with Gasteiger partial charge in [0.25, 0.3) is 0 Å². The fourth-order valence-corrected chi connectivity index (χ4v) is 3.19. The molecule has 0 saturated carbocycles. The van der Waals surface area contributed by atoms with Gasteiger partial charge in [-0.15, -0.1) is 0 Å². The second-order valence-electron chi connectivity index (χ2n) is 5.39. The molecule has 0 fully saturated rings. The lowest BCUT2D eigenvalue weighted by atomic mass is 9.93. The summed E-state index contributed by atoms with van der Waals surface area (Å²) < 4.78 is 6.02. The van der Waals surface area contributed by atoms with Crippen LogP contribution in [0.5, 0.6) is 5.75 Å². The summed E-state index contributed by atoms with van der Waals surface area (Å²) in [5.41, 5.74) is 11.7. The van der Waals surface area contributed by atoms with E-state index in [0.29, 0.717) is 6.54 Å².